The van der Waals surface area contributed by atoms with Crippen molar-refractivity contribution < 1.29 is 24.2 Å². The van der Waals surface area contributed by atoms with Crippen molar-refractivity contribution in [1.82, 2.24) is 4.58 Å². The highest BCUT2D eigenvalue weighted by Crippen LogP contribution is 2.42. The maximum absolute atomic E-state index is 12.2. The van der Waals surface area contributed by atoms with Crippen LogP contribution in [0, 0.1) is 0 Å². The third-order valence-electron chi connectivity index (χ3n) is 6.70. The predicted octanol–water partition coefficient (Wildman–Crippen LogP) is 3.92. The highest BCUT2D eigenvalue weighted by molar-refractivity contribution is 6.08. The molecule has 0 spiro atoms. The van der Waals surface area contributed by atoms with Gasteiger partial charge in [-0.05, 0) is 63.1 Å². The van der Waals surface area contributed by atoms with Gasteiger partial charge in [0.1, 0.15) is 24.4 Å². The zero-order valence-corrected chi connectivity index (χ0v) is 21.0. The summed E-state index contributed by atoms with van der Waals surface area (Å²) in [5, 5.41) is 23.2. The molecule has 1 aliphatic heterocycles. The topological polar surface area (TPSA) is 96.8 Å². The third kappa shape index (κ3) is 4.44. The van der Waals surface area contributed by atoms with Crippen LogP contribution in [0.25, 0.3) is 33.4 Å². The second kappa shape index (κ2) is 10.2. The molecule has 1 heterocycles. The summed E-state index contributed by atoms with van der Waals surface area (Å²) in [5.41, 5.74) is 3.20. The van der Waals surface area contributed by atoms with E-state index in [4.69, 9.17) is 4.42 Å². The molecule has 36 heavy (non-hydrogen) atoms. The Morgan fingerprint density at radius 3 is 2.22 bits per heavy atom. The Bertz CT molecular complexity index is 1490. The quantitative estimate of drug-likeness (QED) is 0.300. The van der Waals surface area contributed by atoms with Crippen LogP contribution in [0.15, 0.2) is 59.0 Å². The normalized spacial score (nSPS) is 11.1. The van der Waals surface area contributed by atoms with Gasteiger partial charge >= 0.3 is 5.97 Å². The van der Waals surface area contributed by atoms with Gasteiger partial charge in [-0.15, -0.1) is 0 Å². The van der Waals surface area contributed by atoms with Crippen LogP contribution < -0.4 is 19.9 Å². The summed E-state index contributed by atoms with van der Waals surface area (Å²) in [4.78, 5) is 25.9. The molecule has 0 saturated heterocycles. The summed E-state index contributed by atoms with van der Waals surface area (Å²) in [6, 6.07) is 15.9. The van der Waals surface area contributed by atoms with Gasteiger partial charge in [0.15, 0.2) is 0 Å². The number of aromatic carboxylic acids is 2. The van der Waals surface area contributed by atoms with Crippen LogP contribution in [-0.2, 0) is 0 Å². The van der Waals surface area contributed by atoms with E-state index in [0.717, 1.165) is 54.2 Å². The molecule has 2 aromatic rings. The largest absolute Gasteiger partial charge is 0.545 e. The van der Waals surface area contributed by atoms with Crippen LogP contribution in [0.5, 0.6) is 0 Å². The number of hydrogen-bond donors (Lipinski definition) is 1. The molecule has 0 aromatic heterocycles. The molecule has 7 heteroatoms. The Kier molecular flexibility index (Phi) is 7.10. The molecule has 186 valence electrons. The zero-order valence-electron chi connectivity index (χ0n) is 21.0. The van der Waals surface area contributed by atoms with Crippen LogP contribution >= 0.6 is 0 Å². The molecule has 4 rings (SSSR count). The second-order valence-corrected chi connectivity index (χ2v) is 8.54. The van der Waals surface area contributed by atoms with Crippen LogP contribution in [0.1, 0.15) is 48.4 Å². The number of carboxylic acid groups (broad SMARTS) is 2. The lowest BCUT2D eigenvalue weighted by atomic mass is 9.89. The molecule has 0 radical (unpaired) electrons. The number of rotatable bonds is 8. The van der Waals surface area contributed by atoms with Gasteiger partial charge in [-0.25, -0.2) is 9.37 Å². The van der Waals surface area contributed by atoms with Crippen molar-refractivity contribution in [3.05, 3.63) is 71.1 Å². The molecule has 0 amide bonds. The van der Waals surface area contributed by atoms with Crippen LogP contribution in [-0.4, -0.2) is 43.2 Å². The summed E-state index contributed by atoms with van der Waals surface area (Å²) in [5.74, 6) is -2.01. The molecule has 0 saturated carbocycles. The SMILES string of the molecule is CCN(CC)c1ccc2c(-c3ccc(C(=O)[O-])cc3C(=O)O)c3ccc(=[N+](CC)CC)cc-3oc2c1. The molecular formula is C29H30N2O5. The maximum Gasteiger partial charge on any atom is 0.336 e. The Morgan fingerprint density at radius 2 is 1.61 bits per heavy atom. The molecule has 0 unspecified atom stereocenters. The summed E-state index contributed by atoms with van der Waals surface area (Å²) < 4.78 is 8.64. The average Bonchev–Trinajstić information content (AvgIpc) is 2.88. The minimum Gasteiger partial charge on any atom is -0.545 e. The fourth-order valence-corrected chi connectivity index (χ4v) is 4.79. The molecule has 2 aliphatic rings. The number of fused-ring (bicyclic) bond motifs is 2. The molecule has 1 aliphatic carbocycles. The predicted molar refractivity (Wildman–Crippen MR) is 139 cm³/mol. The van der Waals surface area contributed by atoms with Gasteiger partial charge < -0.3 is 24.3 Å². The summed E-state index contributed by atoms with van der Waals surface area (Å²) in [7, 11) is 0. The Labute approximate surface area is 209 Å². The van der Waals surface area contributed by atoms with Gasteiger partial charge in [0.05, 0.1) is 17.6 Å². The van der Waals surface area contributed by atoms with E-state index < -0.39 is 11.9 Å². The lowest BCUT2D eigenvalue weighted by Crippen LogP contribution is -2.29. The number of carbonyl (C=O) groups is 2. The van der Waals surface area contributed by atoms with Crippen LogP contribution in [0.2, 0.25) is 0 Å². The van der Waals surface area contributed by atoms with E-state index in [2.05, 4.69) is 37.2 Å². The average molecular weight is 487 g/mol. The minimum atomic E-state index is -1.42. The lowest BCUT2D eigenvalue weighted by Gasteiger charge is -2.22. The van der Waals surface area contributed by atoms with Gasteiger partial charge in [-0.2, -0.15) is 0 Å². The van der Waals surface area contributed by atoms with Gasteiger partial charge in [0, 0.05) is 47.4 Å². The first-order valence-corrected chi connectivity index (χ1v) is 12.2. The number of carbonyl (C=O) groups excluding carboxylic acids is 1. The highest BCUT2D eigenvalue weighted by Gasteiger charge is 2.23. The van der Waals surface area contributed by atoms with Crippen molar-refractivity contribution in [3.63, 3.8) is 0 Å². The number of nitrogens with zero attached hydrogens (tertiary/aromatic N) is 2. The first kappa shape index (κ1) is 25.0. The number of benzene rings is 3. The third-order valence-corrected chi connectivity index (χ3v) is 6.70. The fraction of sp³-hybridized carbons (Fsp3) is 0.276. The van der Waals surface area contributed by atoms with Crippen molar-refractivity contribution in [1.29, 1.82) is 0 Å². The number of anilines is 1. The molecule has 0 bridgehead atoms. The van der Waals surface area contributed by atoms with E-state index in [-0.39, 0.29) is 11.1 Å². The summed E-state index contributed by atoms with van der Waals surface area (Å²) in [6.45, 7) is 11.7. The Hall–Kier alpha value is -4.13. The van der Waals surface area contributed by atoms with Crippen molar-refractivity contribution in [2.75, 3.05) is 31.1 Å². The van der Waals surface area contributed by atoms with Gasteiger partial charge in [-0.3, -0.25) is 0 Å². The van der Waals surface area contributed by atoms with Gasteiger partial charge in [-0.1, -0.05) is 12.1 Å². The summed E-state index contributed by atoms with van der Waals surface area (Å²) in [6.07, 6.45) is 0. The fourth-order valence-electron chi connectivity index (χ4n) is 4.79. The first-order valence-electron chi connectivity index (χ1n) is 12.2. The van der Waals surface area contributed by atoms with E-state index in [0.29, 0.717) is 22.5 Å². The molecule has 0 fully saturated rings. The Morgan fingerprint density at radius 1 is 0.917 bits per heavy atom. The smallest absolute Gasteiger partial charge is 0.336 e. The second-order valence-electron chi connectivity index (χ2n) is 8.54. The standard InChI is InChI=1S/C29H30N2O5/c1-5-30(6-2)19-10-13-22-25(16-19)36-26-17-20(31(7-3)8-4)11-14-23(26)27(22)21-12-9-18(28(32)33)15-24(21)29(34)35/h9-17H,5-8H2,1-4H3,(H-,32,33,34,35). The highest BCUT2D eigenvalue weighted by atomic mass is 16.4. The molecule has 2 aromatic carbocycles. The molecule has 0 atom stereocenters. The van der Waals surface area contributed by atoms with Gasteiger partial charge in [0.25, 0.3) is 0 Å². The molecule has 7 nitrogen and oxygen atoms in total. The lowest BCUT2D eigenvalue weighted by molar-refractivity contribution is -0.255. The maximum atomic E-state index is 12.2. The monoisotopic (exact) mass is 486 g/mol. The Balaban J connectivity index is 2.14. The van der Waals surface area contributed by atoms with Crippen LogP contribution in [0.4, 0.5) is 5.69 Å². The first-order chi connectivity index (χ1) is 17.3. The van der Waals surface area contributed by atoms with E-state index in [1.165, 1.54) is 6.07 Å². The van der Waals surface area contributed by atoms with E-state index in [9.17, 15) is 19.8 Å². The van der Waals surface area contributed by atoms with Crippen LogP contribution in [0.3, 0.4) is 0 Å². The number of hydrogen-bond acceptors (Lipinski definition) is 5. The number of carboxylic acids is 2. The van der Waals surface area contributed by atoms with E-state index in [1.807, 2.05) is 36.4 Å². The van der Waals surface area contributed by atoms with Crippen molar-refractivity contribution in [2.45, 2.75) is 27.7 Å². The van der Waals surface area contributed by atoms with Crippen molar-refractivity contribution in [3.8, 4) is 22.5 Å². The minimum absolute atomic E-state index is 0.105. The van der Waals surface area contributed by atoms with Crippen molar-refractivity contribution in [2.24, 2.45) is 0 Å². The molecule has 1 N–H and O–H groups in total. The zero-order chi connectivity index (χ0) is 26.0. The van der Waals surface area contributed by atoms with Crippen molar-refractivity contribution >= 4 is 28.6 Å². The summed E-state index contributed by atoms with van der Waals surface area (Å²) >= 11 is 0. The van der Waals surface area contributed by atoms with E-state index in [1.54, 1.807) is 6.07 Å². The van der Waals surface area contributed by atoms with Gasteiger partial charge in [0.2, 0.25) is 5.36 Å². The molecular weight excluding hydrogens is 456 g/mol. The van der Waals surface area contributed by atoms with E-state index >= 15 is 0 Å².